The maximum atomic E-state index is 5.74. The Morgan fingerprint density at radius 1 is 1.00 bits per heavy atom. The third kappa shape index (κ3) is 2.71. The molecule has 0 aliphatic carbocycles. The zero-order valence-electron chi connectivity index (χ0n) is 12.0. The molecule has 2 rings (SSSR count). The Hall–Kier alpha value is -2.57. The number of nitrogen functional groups attached to an aromatic ring is 1. The highest BCUT2D eigenvalue weighted by Gasteiger charge is 2.14. The van der Waals surface area contributed by atoms with Gasteiger partial charge in [0, 0.05) is 21.1 Å². The lowest BCUT2D eigenvalue weighted by atomic mass is 10.3. The highest BCUT2D eigenvalue weighted by molar-refractivity contribution is 5.65. The molecule has 0 amide bonds. The van der Waals surface area contributed by atoms with Gasteiger partial charge in [-0.15, -0.1) is 0 Å². The van der Waals surface area contributed by atoms with Crippen molar-refractivity contribution < 1.29 is 4.74 Å². The Bertz CT molecular complexity index is 601. The van der Waals surface area contributed by atoms with E-state index < -0.39 is 0 Å². The molecule has 1 aromatic carbocycles. The molecule has 0 unspecified atom stereocenters. The second kappa shape index (κ2) is 5.60. The van der Waals surface area contributed by atoms with Crippen LogP contribution in [0.2, 0.25) is 0 Å². The number of benzene rings is 1. The van der Waals surface area contributed by atoms with Gasteiger partial charge >= 0.3 is 0 Å². The van der Waals surface area contributed by atoms with Gasteiger partial charge in [0.2, 0.25) is 17.8 Å². The monoisotopic (exact) mass is 274 g/mol. The Kier molecular flexibility index (Phi) is 3.88. The first-order chi connectivity index (χ1) is 9.52. The second-order valence-corrected chi connectivity index (χ2v) is 4.42. The number of rotatable bonds is 4. The summed E-state index contributed by atoms with van der Waals surface area (Å²) in [6, 6.07) is 7.63. The molecular weight excluding hydrogens is 256 g/mol. The van der Waals surface area contributed by atoms with Gasteiger partial charge in [0.1, 0.15) is 5.75 Å². The third-order valence-corrected chi connectivity index (χ3v) is 2.78. The molecule has 0 radical (unpaired) electrons. The summed E-state index contributed by atoms with van der Waals surface area (Å²) < 4.78 is 5.34. The summed E-state index contributed by atoms with van der Waals surface area (Å²) in [7, 11) is 7.18. The first-order valence-corrected chi connectivity index (χ1v) is 6.08. The molecule has 0 bridgehead atoms. The van der Waals surface area contributed by atoms with Gasteiger partial charge in [0.15, 0.2) is 0 Å². The van der Waals surface area contributed by atoms with Crippen LogP contribution >= 0.6 is 0 Å². The van der Waals surface area contributed by atoms with E-state index >= 15 is 0 Å². The molecule has 20 heavy (non-hydrogen) atoms. The van der Waals surface area contributed by atoms with E-state index in [0.29, 0.717) is 11.9 Å². The number of methoxy groups -OCH3 is 1. The van der Waals surface area contributed by atoms with E-state index in [-0.39, 0.29) is 5.95 Å². The number of nitrogens with two attached hydrogens (primary N) is 1. The van der Waals surface area contributed by atoms with Crippen LogP contribution in [0.5, 0.6) is 5.75 Å². The Labute approximate surface area is 118 Å². The minimum atomic E-state index is 0.181. The molecule has 0 fully saturated rings. The number of nitrogens with zero attached hydrogens (tertiary/aromatic N) is 5. The summed E-state index contributed by atoms with van der Waals surface area (Å²) in [4.78, 5) is 16.2. The maximum absolute atomic E-state index is 5.74. The average molecular weight is 274 g/mol. The van der Waals surface area contributed by atoms with Crippen LogP contribution in [0.15, 0.2) is 24.3 Å². The van der Waals surface area contributed by atoms with Gasteiger partial charge in [0.05, 0.1) is 12.8 Å². The van der Waals surface area contributed by atoms with Crippen LogP contribution in [-0.4, -0.2) is 43.2 Å². The highest BCUT2D eigenvalue weighted by atomic mass is 16.5. The number of ether oxygens (including phenoxy) is 1. The van der Waals surface area contributed by atoms with Gasteiger partial charge in [-0.1, -0.05) is 12.1 Å². The van der Waals surface area contributed by atoms with Crippen molar-refractivity contribution in [3.63, 3.8) is 0 Å². The van der Waals surface area contributed by atoms with Gasteiger partial charge in [-0.05, 0) is 12.1 Å². The maximum Gasteiger partial charge on any atom is 0.236 e. The van der Waals surface area contributed by atoms with E-state index in [9.17, 15) is 0 Å². The van der Waals surface area contributed by atoms with Crippen molar-refractivity contribution in [2.75, 3.05) is 43.8 Å². The fourth-order valence-electron chi connectivity index (χ4n) is 1.73. The smallest absolute Gasteiger partial charge is 0.236 e. The van der Waals surface area contributed by atoms with Crippen molar-refractivity contribution >= 4 is 23.5 Å². The lowest BCUT2D eigenvalue weighted by Crippen LogP contribution is -2.20. The number of hydrogen-bond donors (Lipinski definition) is 1. The summed E-state index contributed by atoms with van der Waals surface area (Å²) >= 11 is 0. The van der Waals surface area contributed by atoms with Crippen molar-refractivity contribution in [3.8, 4) is 5.75 Å². The van der Waals surface area contributed by atoms with Crippen LogP contribution in [0, 0.1) is 0 Å². The van der Waals surface area contributed by atoms with E-state index in [0.717, 1.165) is 11.4 Å². The van der Waals surface area contributed by atoms with Crippen LogP contribution in [0.3, 0.4) is 0 Å². The van der Waals surface area contributed by atoms with E-state index in [4.69, 9.17) is 10.5 Å². The molecule has 2 aromatic rings. The Balaban J connectivity index is 2.45. The summed E-state index contributed by atoms with van der Waals surface area (Å²) in [5.74, 6) is 1.89. The van der Waals surface area contributed by atoms with E-state index in [1.165, 1.54) is 0 Å². The fourth-order valence-corrected chi connectivity index (χ4v) is 1.73. The van der Waals surface area contributed by atoms with Crippen LogP contribution in [-0.2, 0) is 0 Å². The first-order valence-electron chi connectivity index (χ1n) is 6.08. The van der Waals surface area contributed by atoms with Gasteiger partial charge in [0.25, 0.3) is 0 Å². The molecule has 2 N–H and O–H groups in total. The molecule has 0 saturated carbocycles. The molecular formula is C13H18N6O. The van der Waals surface area contributed by atoms with Gasteiger partial charge in [-0.2, -0.15) is 15.0 Å². The van der Waals surface area contributed by atoms with Gasteiger partial charge < -0.3 is 20.3 Å². The topological polar surface area (TPSA) is 80.4 Å². The predicted molar refractivity (Wildman–Crippen MR) is 79.6 cm³/mol. The highest BCUT2D eigenvalue weighted by Crippen LogP contribution is 2.30. The summed E-state index contributed by atoms with van der Waals surface area (Å²) in [5.41, 5.74) is 6.59. The molecule has 7 nitrogen and oxygen atoms in total. The van der Waals surface area contributed by atoms with Crippen molar-refractivity contribution in [3.05, 3.63) is 24.3 Å². The van der Waals surface area contributed by atoms with Crippen molar-refractivity contribution in [1.29, 1.82) is 0 Å². The molecule has 0 aliphatic heterocycles. The Morgan fingerprint density at radius 2 is 1.65 bits per heavy atom. The number of aromatic nitrogens is 3. The lowest BCUT2D eigenvalue weighted by molar-refractivity contribution is 0.415. The number of hydrogen-bond acceptors (Lipinski definition) is 7. The second-order valence-electron chi connectivity index (χ2n) is 4.42. The quantitative estimate of drug-likeness (QED) is 0.899. The zero-order valence-corrected chi connectivity index (χ0v) is 12.0. The van der Waals surface area contributed by atoms with E-state index in [1.54, 1.807) is 12.0 Å². The average Bonchev–Trinajstić information content (AvgIpc) is 2.45. The van der Waals surface area contributed by atoms with Crippen LogP contribution < -0.4 is 20.3 Å². The molecule has 1 heterocycles. The molecule has 0 spiro atoms. The van der Waals surface area contributed by atoms with E-state index in [1.807, 2.05) is 50.3 Å². The SMILES string of the molecule is COc1ccccc1N(C)c1nc(N)nc(N(C)C)n1. The van der Waals surface area contributed by atoms with Crippen LogP contribution in [0.4, 0.5) is 23.5 Å². The molecule has 0 saturated heterocycles. The van der Waals surface area contributed by atoms with Crippen LogP contribution in [0.1, 0.15) is 0 Å². The zero-order chi connectivity index (χ0) is 14.7. The molecule has 1 aromatic heterocycles. The van der Waals surface area contributed by atoms with Crippen molar-refractivity contribution in [2.24, 2.45) is 0 Å². The molecule has 106 valence electrons. The lowest BCUT2D eigenvalue weighted by Gasteiger charge is -2.21. The predicted octanol–water partition coefficient (Wildman–Crippen LogP) is 1.30. The fraction of sp³-hybridized carbons (Fsp3) is 0.308. The van der Waals surface area contributed by atoms with Crippen molar-refractivity contribution in [1.82, 2.24) is 15.0 Å². The molecule has 0 atom stereocenters. The molecule has 0 aliphatic rings. The van der Waals surface area contributed by atoms with Gasteiger partial charge in [-0.25, -0.2) is 0 Å². The minimum Gasteiger partial charge on any atom is -0.495 e. The minimum absolute atomic E-state index is 0.181. The molecule has 7 heteroatoms. The summed E-state index contributed by atoms with van der Waals surface area (Å²) in [6.07, 6.45) is 0. The third-order valence-electron chi connectivity index (χ3n) is 2.78. The summed E-state index contributed by atoms with van der Waals surface area (Å²) in [5, 5.41) is 0. The Morgan fingerprint density at radius 3 is 2.30 bits per heavy atom. The summed E-state index contributed by atoms with van der Waals surface area (Å²) in [6.45, 7) is 0. The number of para-hydroxylation sites is 2. The normalized spacial score (nSPS) is 10.2. The van der Waals surface area contributed by atoms with E-state index in [2.05, 4.69) is 15.0 Å². The standard InChI is InChI=1S/C13H18N6O/c1-18(2)12-15-11(14)16-13(17-12)19(3)9-7-5-6-8-10(9)20-4/h5-8H,1-4H3,(H2,14,15,16,17). The number of anilines is 4. The van der Waals surface area contributed by atoms with Crippen LogP contribution in [0.25, 0.3) is 0 Å². The van der Waals surface area contributed by atoms with Crippen molar-refractivity contribution in [2.45, 2.75) is 0 Å². The largest absolute Gasteiger partial charge is 0.495 e. The van der Waals surface area contributed by atoms with Gasteiger partial charge in [-0.3, -0.25) is 0 Å². The first kappa shape index (κ1) is 13.9.